The van der Waals surface area contributed by atoms with Gasteiger partial charge >= 0.3 is 5.97 Å². The van der Waals surface area contributed by atoms with Crippen molar-refractivity contribution in [2.24, 2.45) is 0 Å². The Kier molecular flexibility index (Phi) is 3.63. The molecule has 6 aliphatic carbocycles. The molecule has 1 N–H and O–H groups in total. The van der Waals surface area contributed by atoms with Crippen LogP contribution in [0.1, 0.15) is 25.7 Å². The molecule has 0 amide bonds. The summed E-state index contributed by atoms with van der Waals surface area (Å²) in [6.45, 7) is 0. The normalized spacial score (nSPS) is 27.6. The molecular weight excluding hydrogens is 282 g/mol. The van der Waals surface area contributed by atoms with Crippen molar-refractivity contribution in [3.8, 4) is 0 Å². The lowest BCUT2D eigenvalue weighted by molar-refractivity contribution is -0.421. The van der Waals surface area contributed by atoms with Crippen molar-refractivity contribution >= 4 is 5.97 Å². The zero-order valence-corrected chi connectivity index (χ0v) is 11.9. The van der Waals surface area contributed by atoms with Gasteiger partial charge in [-0.25, -0.2) is 4.79 Å². The summed E-state index contributed by atoms with van der Waals surface area (Å²) in [5, 5.41) is 20.6. The van der Waals surface area contributed by atoms with Crippen LogP contribution in [0.5, 0.6) is 0 Å². The predicted molar refractivity (Wildman–Crippen MR) is 81.6 cm³/mol. The largest absolute Gasteiger partial charge is 0.478 e. The lowest BCUT2D eigenvalue weighted by Crippen LogP contribution is -2.10. The number of hydrogen-bond donors (Lipinski definition) is 1. The molecule has 0 spiro atoms. The summed E-state index contributed by atoms with van der Waals surface area (Å²) in [6, 6.07) is 0. The summed E-state index contributed by atoms with van der Waals surface area (Å²) in [7, 11) is 0. The first kappa shape index (κ1) is 14.3. The van der Waals surface area contributed by atoms with E-state index in [1.165, 1.54) is 0 Å². The highest BCUT2D eigenvalue weighted by Crippen LogP contribution is 2.32. The Bertz CT molecular complexity index is 681. The van der Waals surface area contributed by atoms with Crippen molar-refractivity contribution in [1.82, 2.24) is 0 Å². The summed E-state index contributed by atoms with van der Waals surface area (Å²) in [5.41, 5.74) is 3.58. The summed E-state index contributed by atoms with van der Waals surface area (Å²) in [6.07, 6.45) is 13.2. The second-order valence-corrected chi connectivity index (χ2v) is 5.52. The molecule has 0 aromatic rings. The topological polar surface area (TPSA) is 80.4 Å². The van der Waals surface area contributed by atoms with Crippen molar-refractivity contribution in [3.63, 3.8) is 0 Å². The van der Waals surface area contributed by atoms with Gasteiger partial charge in [0.25, 0.3) is 5.70 Å². The number of carboxylic acids is 1. The number of nitrogens with zero attached hydrogens (tertiary/aromatic N) is 1. The van der Waals surface area contributed by atoms with Crippen molar-refractivity contribution in [1.29, 1.82) is 0 Å². The fourth-order valence-corrected chi connectivity index (χ4v) is 2.90. The van der Waals surface area contributed by atoms with Gasteiger partial charge in [0, 0.05) is 11.6 Å². The zero-order valence-electron chi connectivity index (χ0n) is 11.9. The van der Waals surface area contributed by atoms with Gasteiger partial charge in [-0.1, -0.05) is 24.3 Å². The molecule has 0 heterocycles. The summed E-state index contributed by atoms with van der Waals surface area (Å²) in [4.78, 5) is 22.3. The molecule has 22 heavy (non-hydrogen) atoms. The molecule has 112 valence electrons. The molecule has 5 nitrogen and oxygen atoms in total. The van der Waals surface area contributed by atoms with Crippen LogP contribution >= 0.6 is 0 Å². The van der Waals surface area contributed by atoms with Crippen LogP contribution in [0, 0.1) is 10.1 Å². The van der Waals surface area contributed by atoms with Crippen molar-refractivity contribution in [3.05, 3.63) is 80.1 Å². The summed E-state index contributed by atoms with van der Waals surface area (Å²) in [5.74, 6) is -0.963. The predicted octanol–water partition coefficient (Wildman–Crippen LogP) is 3.46. The van der Waals surface area contributed by atoms with Gasteiger partial charge in [0.15, 0.2) is 0 Å². The maximum absolute atomic E-state index is 11.4. The molecule has 0 unspecified atom stereocenters. The molecular formula is C17H15NO4. The van der Waals surface area contributed by atoms with Crippen LogP contribution in [-0.2, 0) is 4.79 Å². The minimum absolute atomic E-state index is 0.102. The Hall–Kier alpha value is -2.69. The SMILES string of the molecule is O=C(O)C1=CC2=C\C=C3/C=C([N+](=O)[O-])C(=C/C=C\1CC\2)CC3. The Morgan fingerprint density at radius 3 is 2.18 bits per heavy atom. The van der Waals surface area contributed by atoms with Crippen LogP contribution in [0.2, 0.25) is 0 Å². The van der Waals surface area contributed by atoms with Crippen LogP contribution in [0.15, 0.2) is 70.0 Å². The van der Waals surface area contributed by atoms with E-state index in [9.17, 15) is 20.0 Å². The average molecular weight is 297 g/mol. The van der Waals surface area contributed by atoms with Gasteiger partial charge in [0.1, 0.15) is 0 Å². The summed E-state index contributed by atoms with van der Waals surface area (Å²) >= 11 is 0. The Morgan fingerprint density at radius 1 is 0.955 bits per heavy atom. The fourth-order valence-electron chi connectivity index (χ4n) is 2.90. The van der Waals surface area contributed by atoms with Gasteiger partial charge < -0.3 is 5.11 Å². The van der Waals surface area contributed by atoms with E-state index in [1.807, 2.05) is 12.2 Å². The van der Waals surface area contributed by atoms with Crippen molar-refractivity contribution in [2.75, 3.05) is 0 Å². The number of carbonyl (C=O) groups is 1. The highest BCUT2D eigenvalue weighted by molar-refractivity contribution is 5.93. The first-order valence-electron chi connectivity index (χ1n) is 7.16. The van der Waals surface area contributed by atoms with E-state index in [0.29, 0.717) is 18.4 Å². The second kappa shape index (κ2) is 5.60. The Labute approximate surface area is 127 Å². The lowest BCUT2D eigenvalue weighted by Gasteiger charge is -2.18. The quantitative estimate of drug-likeness (QED) is 0.625. The van der Waals surface area contributed by atoms with Crippen LogP contribution in [0.3, 0.4) is 0 Å². The molecule has 6 rings (SSSR count). The van der Waals surface area contributed by atoms with E-state index >= 15 is 0 Å². The van der Waals surface area contributed by atoms with Crippen LogP contribution in [0.25, 0.3) is 0 Å². The van der Waals surface area contributed by atoms with E-state index in [1.54, 1.807) is 24.3 Å². The third-order valence-electron chi connectivity index (χ3n) is 4.12. The van der Waals surface area contributed by atoms with E-state index in [-0.39, 0.29) is 16.2 Å². The molecule has 6 aliphatic rings. The Balaban J connectivity index is 2.19. The van der Waals surface area contributed by atoms with Gasteiger partial charge in [-0.2, -0.15) is 0 Å². The first-order chi connectivity index (χ1) is 10.5. The summed E-state index contributed by atoms with van der Waals surface area (Å²) < 4.78 is 0. The minimum Gasteiger partial charge on any atom is -0.478 e. The number of allylic oxidation sites excluding steroid dienone is 9. The minimum atomic E-state index is -0.963. The van der Waals surface area contributed by atoms with Crippen LogP contribution in [0.4, 0.5) is 0 Å². The fraction of sp³-hybridized carbons (Fsp3) is 0.235. The monoisotopic (exact) mass is 297 g/mol. The van der Waals surface area contributed by atoms with Gasteiger partial charge in [-0.3, -0.25) is 10.1 Å². The highest BCUT2D eigenvalue weighted by Gasteiger charge is 2.24. The van der Waals surface area contributed by atoms with E-state index in [0.717, 1.165) is 29.6 Å². The van der Waals surface area contributed by atoms with Gasteiger partial charge in [0.05, 0.1) is 10.5 Å². The second-order valence-electron chi connectivity index (χ2n) is 5.52. The van der Waals surface area contributed by atoms with E-state index in [4.69, 9.17) is 0 Å². The highest BCUT2D eigenvalue weighted by atomic mass is 16.6. The number of nitro groups is 1. The first-order valence-corrected chi connectivity index (χ1v) is 7.16. The maximum atomic E-state index is 11.4. The molecule has 0 fully saturated rings. The number of hydrogen-bond acceptors (Lipinski definition) is 3. The third-order valence-corrected chi connectivity index (χ3v) is 4.12. The van der Waals surface area contributed by atoms with Gasteiger partial charge in [-0.15, -0.1) is 0 Å². The molecule has 0 aromatic heterocycles. The van der Waals surface area contributed by atoms with Gasteiger partial charge in [-0.05, 0) is 48.5 Å². The lowest BCUT2D eigenvalue weighted by atomic mass is 9.87. The van der Waals surface area contributed by atoms with E-state index in [2.05, 4.69) is 0 Å². The van der Waals surface area contributed by atoms with Crippen LogP contribution in [-0.4, -0.2) is 16.0 Å². The van der Waals surface area contributed by atoms with Crippen LogP contribution < -0.4 is 0 Å². The zero-order chi connectivity index (χ0) is 15.7. The smallest absolute Gasteiger partial charge is 0.335 e. The molecule has 0 radical (unpaired) electrons. The third kappa shape index (κ3) is 2.70. The standard InChI is InChI=1S/C17H15NO4/c19-17(20)15-9-11-1-2-12-4-6-14(16(10-12)18(21)22)8-7-13(15)5-3-11/h1-2,7-10H,3-6H2,(H,19,20)/b2-1?,8-7?,11-1-,12-2-,13-7-,14-8?. The number of rotatable bonds is 2. The number of aliphatic carboxylic acids is 1. The van der Waals surface area contributed by atoms with Crippen molar-refractivity contribution < 1.29 is 14.8 Å². The van der Waals surface area contributed by atoms with E-state index < -0.39 is 5.97 Å². The molecule has 4 bridgehead atoms. The maximum Gasteiger partial charge on any atom is 0.335 e. The molecule has 0 aromatic carbocycles. The molecule has 0 aliphatic heterocycles. The van der Waals surface area contributed by atoms with Crippen molar-refractivity contribution in [2.45, 2.75) is 25.7 Å². The molecule has 0 saturated heterocycles. The molecule has 0 saturated carbocycles. The Morgan fingerprint density at radius 2 is 1.55 bits per heavy atom. The average Bonchev–Trinajstić information content (AvgIpc) is 2.49. The van der Waals surface area contributed by atoms with Gasteiger partial charge in [0.2, 0.25) is 0 Å². The number of carboxylic acid groups (broad SMARTS) is 1. The molecule has 5 heteroatoms. The molecule has 0 atom stereocenters.